The standard InChI is InChI=1S/C14H18N4O2S/c19-18(20)14-11(4-5-12-13(14)16-10-21-12)15-6-3-9-17-7-1-2-8-17/h4-5,10,15H,1-3,6-9H2. The van der Waals surface area contributed by atoms with E-state index in [1.165, 1.54) is 37.3 Å². The topological polar surface area (TPSA) is 71.3 Å². The summed E-state index contributed by atoms with van der Waals surface area (Å²) in [6.07, 6.45) is 3.57. The Balaban J connectivity index is 1.65. The Bertz CT molecular complexity index is 637. The second-order valence-corrected chi connectivity index (χ2v) is 6.13. The van der Waals surface area contributed by atoms with Gasteiger partial charge < -0.3 is 10.2 Å². The number of nitro groups is 1. The van der Waals surface area contributed by atoms with E-state index in [-0.39, 0.29) is 10.6 Å². The van der Waals surface area contributed by atoms with E-state index in [2.05, 4.69) is 15.2 Å². The van der Waals surface area contributed by atoms with Crippen molar-refractivity contribution in [3.8, 4) is 0 Å². The van der Waals surface area contributed by atoms with Crippen LogP contribution in [0.25, 0.3) is 10.2 Å². The molecule has 1 aliphatic rings. The summed E-state index contributed by atoms with van der Waals surface area (Å²) in [5.41, 5.74) is 2.79. The lowest BCUT2D eigenvalue weighted by Crippen LogP contribution is -2.22. The molecule has 1 aromatic heterocycles. The van der Waals surface area contributed by atoms with Crippen LogP contribution in [0.4, 0.5) is 11.4 Å². The van der Waals surface area contributed by atoms with E-state index in [0.29, 0.717) is 11.2 Å². The summed E-state index contributed by atoms with van der Waals surface area (Å²) in [4.78, 5) is 17.5. The van der Waals surface area contributed by atoms with Crippen LogP contribution in [-0.4, -0.2) is 41.0 Å². The number of nitrogens with one attached hydrogen (secondary N) is 1. The minimum absolute atomic E-state index is 0.0925. The molecule has 0 radical (unpaired) electrons. The fraction of sp³-hybridized carbons (Fsp3) is 0.500. The van der Waals surface area contributed by atoms with Crippen LogP contribution in [0.1, 0.15) is 19.3 Å². The highest BCUT2D eigenvalue weighted by Gasteiger charge is 2.20. The van der Waals surface area contributed by atoms with Gasteiger partial charge in [0.15, 0.2) is 5.52 Å². The molecule has 3 rings (SSSR count). The lowest BCUT2D eigenvalue weighted by Gasteiger charge is -2.14. The Morgan fingerprint density at radius 3 is 2.95 bits per heavy atom. The lowest BCUT2D eigenvalue weighted by atomic mass is 10.2. The number of thiazole rings is 1. The van der Waals surface area contributed by atoms with Crippen molar-refractivity contribution in [1.82, 2.24) is 9.88 Å². The van der Waals surface area contributed by atoms with Crippen LogP contribution in [0.5, 0.6) is 0 Å². The summed E-state index contributed by atoms with van der Waals surface area (Å²) < 4.78 is 0.851. The molecule has 1 N–H and O–H groups in total. The molecule has 1 fully saturated rings. The third-order valence-corrected chi connectivity index (χ3v) is 4.62. The quantitative estimate of drug-likeness (QED) is 0.504. The minimum Gasteiger partial charge on any atom is -0.379 e. The van der Waals surface area contributed by atoms with Gasteiger partial charge in [-0.05, 0) is 51.0 Å². The number of rotatable bonds is 6. The van der Waals surface area contributed by atoms with Gasteiger partial charge in [-0.1, -0.05) is 0 Å². The third kappa shape index (κ3) is 3.14. The Kier molecular flexibility index (Phi) is 4.31. The van der Waals surface area contributed by atoms with Gasteiger partial charge in [0.1, 0.15) is 5.69 Å². The average molecular weight is 306 g/mol. The molecule has 1 aliphatic heterocycles. The molecule has 0 unspecified atom stereocenters. The van der Waals surface area contributed by atoms with E-state index in [1.54, 1.807) is 11.6 Å². The summed E-state index contributed by atoms with van der Waals surface area (Å²) in [6.45, 7) is 4.17. The van der Waals surface area contributed by atoms with Crippen LogP contribution in [0.15, 0.2) is 17.6 Å². The predicted octanol–water partition coefficient (Wildman–Crippen LogP) is 3.10. The van der Waals surface area contributed by atoms with Gasteiger partial charge in [-0.2, -0.15) is 0 Å². The summed E-state index contributed by atoms with van der Waals surface area (Å²) in [7, 11) is 0. The zero-order valence-electron chi connectivity index (χ0n) is 11.7. The number of likely N-dealkylation sites (tertiary alicyclic amines) is 1. The fourth-order valence-corrected chi connectivity index (χ4v) is 3.46. The Labute approximate surface area is 126 Å². The Hall–Kier alpha value is -1.73. The van der Waals surface area contributed by atoms with Gasteiger partial charge in [0.05, 0.1) is 15.1 Å². The van der Waals surface area contributed by atoms with Gasteiger partial charge in [-0.25, -0.2) is 4.98 Å². The number of hydrogen-bond donors (Lipinski definition) is 1. The highest BCUT2D eigenvalue weighted by atomic mass is 32.1. The predicted molar refractivity (Wildman–Crippen MR) is 85.1 cm³/mol. The molecular formula is C14H18N4O2S. The van der Waals surface area contributed by atoms with Gasteiger partial charge in [-0.15, -0.1) is 11.3 Å². The summed E-state index contributed by atoms with van der Waals surface area (Å²) in [6, 6.07) is 3.68. The van der Waals surface area contributed by atoms with E-state index in [4.69, 9.17) is 0 Å². The monoisotopic (exact) mass is 306 g/mol. The van der Waals surface area contributed by atoms with Crippen LogP contribution in [0.2, 0.25) is 0 Å². The van der Waals surface area contributed by atoms with Gasteiger partial charge in [0, 0.05) is 6.54 Å². The number of benzene rings is 1. The summed E-state index contributed by atoms with van der Waals surface area (Å²) >= 11 is 1.42. The van der Waals surface area contributed by atoms with Crippen molar-refractivity contribution in [3.63, 3.8) is 0 Å². The van der Waals surface area contributed by atoms with E-state index in [0.717, 1.165) is 24.2 Å². The molecule has 0 atom stereocenters. The second-order valence-electron chi connectivity index (χ2n) is 5.25. The van der Waals surface area contributed by atoms with Crippen LogP contribution in [-0.2, 0) is 0 Å². The number of nitro benzene ring substituents is 1. The molecule has 0 spiro atoms. The highest BCUT2D eigenvalue weighted by molar-refractivity contribution is 7.16. The molecule has 0 saturated carbocycles. The number of aromatic nitrogens is 1. The van der Waals surface area contributed by atoms with Crippen molar-refractivity contribution >= 4 is 32.9 Å². The molecule has 0 bridgehead atoms. The molecule has 1 aromatic carbocycles. The van der Waals surface area contributed by atoms with E-state index in [1.807, 2.05) is 6.07 Å². The van der Waals surface area contributed by atoms with E-state index < -0.39 is 0 Å². The first-order valence-electron chi connectivity index (χ1n) is 7.22. The van der Waals surface area contributed by atoms with Crippen LogP contribution < -0.4 is 5.32 Å². The van der Waals surface area contributed by atoms with Crippen LogP contribution in [0.3, 0.4) is 0 Å². The van der Waals surface area contributed by atoms with Crippen molar-refractivity contribution in [2.75, 3.05) is 31.5 Å². The van der Waals surface area contributed by atoms with Gasteiger partial charge >= 0.3 is 5.69 Å². The molecule has 112 valence electrons. The van der Waals surface area contributed by atoms with Gasteiger partial charge in [0.25, 0.3) is 0 Å². The largest absolute Gasteiger partial charge is 0.379 e. The average Bonchev–Trinajstić information content (AvgIpc) is 3.13. The summed E-state index contributed by atoms with van der Waals surface area (Å²) in [5.74, 6) is 0. The number of nitrogens with zero attached hydrogens (tertiary/aromatic N) is 3. The molecule has 0 aliphatic carbocycles. The van der Waals surface area contributed by atoms with Crippen molar-refractivity contribution < 1.29 is 4.92 Å². The smallest absolute Gasteiger partial charge is 0.319 e. The fourth-order valence-electron chi connectivity index (χ4n) is 2.78. The Morgan fingerprint density at radius 1 is 1.38 bits per heavy atom. The minimum atomic E-state index is -0.342. The molecule has 2 heterocycles. The first-order chi connectivity index (χ1) is 10.3. The van der Waals surface area contributed by atoms with Gasteiger partial charge in [-0.3, -0.25) is 10.1 Å². The number of anilines is 1. The maximum absolute atomic E-state index is 11.3. The van der Waals surface area contributed by atoms with Crippen molar-refractivity contribution in [1.29, 1.82) is 0 Å². The van der Waals surface area contributed by atoms with Crippen molar-refractivity contribution in [2.45, 2.75) is 19.3 Å². The lowest BCUT2D eigenvalue weighted by molar-refractivity contribution is -0.382. The third-order valence-electron chi connectivity index (χ3n) is 3.82. The second kappa shape index (κ2) is 6.36. The molecular weight excluding hydrogens is 288 g/mol. The zero-order valence-corrected chi connectivity index (χ0v) is 12.6. The maximum atomic E-state index is 11.3. The highest BCUT2D eigenvalue weighted by Crippen LogP contribution is 2.34. The molecule has 1 saturated heterocycles. The molecule has 0 amide bonds. The molecule has 6 nitrogen and oxygen atoms in total. The Morgan fingerprint density at radius 2 is 2.19 bits per heavy atom. The van der Waals surface area contributed by atoms with Crippen LogP contribution >= 0.6 is 11.3 Å². The SMILES string of the molecule is O=[N+]([O-])c1c(NCCCN2CCCC2)ccc2scnc12. The van der Waals surface area contributed by atoms with Crippen LogP contribution in [0, 0.1) is 10.1 Å². The van der Waals surface area contributed by atoms with Crippen molar-refractivity contribution in [3.05, 3.63) is 27.8 Å². The number of hydrogen-bond acceptors (Lipinski definition) is 6. The maximum Gasteiger partial charge on any atom is 0.319 e. The van der Waals surface area contributed by atoms with Crippen molar-refractivity contribution in [2.24, 2.45) is 0 Å². The zero-order chi connectivity index (χ0) is 14.7. The van der Waals surface area contributed by atoms with E-state index in [9.17, 15) is 10.1 Å². The first-order valence-corrected chi connectivity index (χ1v) is 8.10. The summed E-state index contributed by atoms with van der Waals surface area (Å²) in [5, 5.41) is 14.5. The first kappa shape index (κ1) is 14.2. The number of fused-ring (bicyclic) bond motifs is 1. The normalized spacial score (nSPS) is 15.6. The molecule has 21 heavy (non-hydrogen) atoms. The van der Waals surface area contributed by atoms with E-state index >= 15 is 0 Å². The molecule has 7 heteroatoms. The van der Waals surface area contributed by atoms with Gasteiger partial charge in [0.2, 0.25) is 0 Å². The molecule has 2 aromatic rings.